The van der Waals surface area contributed by atoms with Gasteiger partial charge in [0.05, 0.1) is 10.2 Å². The van der Waals surface area contributed by atoms with E-state index in [4.69, 9.17) is 9.47 Å². The van der Waals surface area contributed by atoms with Gasteiger partial charge in [-0.15, -0.1) is 0 Å². The Bertz CT molecular complexity index is 832. The van der Waals surface area contributed by atoms with Gasteiger partial charge in [0, 0.05) is 17.8 Å². The molecule has 0 aliphatic rings. The van der Waals surface area contributed by atoms with Crippen molar-refractivity contribution in [3.63, 3.8) is 0 Å². The number of H-pyrrole nitrogens is 1. The number of carbonyl (C=O) groups is 1. The zero-order chi connectivity index (χ0) is 16.9. The van der Waals surface area contributed by atoms with Crippen LogP contribution in [0.15, 0.2) is 48.7 Å². The molecule has 0 saturated heterocycles. The molecule has 0 bridgehead atoms. The number of aromatic amines is 1. The third kappa shape index (κ3) is 3.56. The van der Waals surface area contributed by atoms with Crippen molar-refractivity contribution >= 4 is 28.6 Å². The number of hydrogen-bond donors (Lipinski definition) is 1. The Morgan fingerprint density at radius 2 is 2.00 bits per heavy atom. The van der Waals surface area contributed by atoms with E-state index in [2.05, 4.69) is 37.8 Å². The van der Waals surface area contributed by atoms with Crippen LogP contribution >= 0.6 is 22.6 Å². The molecule has 1 aromatic carbocycles. The molecule has 0 saturated carbocycles. The summed E-state index contributed by atoms with van der Waals surface area (Å²) in [5.41, 5.74) is 1.93. The Morgan fingerprint density at radius 3 is 2.67 bits per heavy atom. The number of nitrogens with one attached hydrogen (secondary N) is 1. The highest BCUT2D eigenvalue weighted by molar-refractivity contribution is 14.1. The number of aromatic nitrogens is 3. The van der Waals surface area contributed by atoms with E-state index in [-0.39, 0.29) is 0 Å². The van der Waals surface area contributed by atoms with Crippen molar-refractivity contribution in [3.05, 3.63) is 57.9 Å². The molecule has 0 spiro atoms. The van der Waals surface area contributed by atoms with E-state index in [1.807, 2.05) is 36.4 Å². The Kier molecular flexibility index (Phi) is 5.09. The second-order valence-electron chi connectivity index (χ2n) is 4.78. The second-order valence-corrected chi connectivity index (χ2v) is 5.85. The summed E-state index contributed by atoms with van der Waals surface area (Å²) in [6.07, 6.45) is 1.67. The normalized spacial score (nSPS) is 10.4. The topological polar surface area (TPSA) is 77.1 Å². The minimum atomic E-state index is -0.407. The van der Waals surface area contributed by atoms with E-state index in [1.54, 1.807) is 19.2 Å². The van der Waals surface area contributed by atoms with Crippen molar-refractivity contribution in [2.24, 2.45) is 0 Å². The van der Waals surface area contributed by atoms with E-state index in [0.29, 0.717) is 29.6 Å². The molecule has 0 aliphatic heterocycles. The summed E-state index contributed by atoms with van der Waals surface area (Å²) in [4.78, 5) is 16.0. The van der Waals surface area contributed by atoms with E-state index in [9.17, 15) is 4.79 Å². The average Bonchev–Trinajstić information content (AvgIpc) is 2.98. The molecule has 0 aliphatic carbocycles. The van der Waals surface area contributed by atoms with Gasteiger partial charge >= 0.3 is 5.97 Å². The molecular formula is C17H14IN3O3. The number of esters is 1. The highest BCUT2D eigenvalue weighted by Crippen LogP contribution is 2.28. The fourth-order valence-electron chi connectivity index (χ4n) is 2.07. The van der Waals surface area contributed by atoms with Gasteiger partial charge < -0.3 is 9.47 Å². The first-order chi connectivity index (χ1) is 11.7. The molecule has 0 unspecified atom stereocenters. The molecule has 24 heavy (non-hydrogen) atoms. The number of nitrogens with zero attached hydrogens (tertiary/aromatic N) is 2. The van der Waals surface area contributed by atoms with Crippen LogP contribution in [-0.2, 0) is 4.74 Å². The van der Waals surface area contributed by atoms with Crippen LogP contribution in [0, 0.1) is 3.57 Å². The van der Waals surface area contributed by atoms with Crippen molar-refractivity contribution in [1.29, 1.82) is 0 Å². The van der Waals surface area contributed by atoms with Gasteiger partial charge in [0.15, 0.2) is 5.69 Å². The van der Waals surface area contributed by atoms with Crippen molar-refractivity contribution in [3.8, 4) is 22.9 Å². The van der Waals surface area contributed by atoms with E-state index >= 15 is 0 Å². The first-order valence-corrected chi connectivity index (χ1v) is 8.37. The number of rotatable bonds is 5. The minimum absolute atomic E-state index is 0.322. The van der Waals surface area contributed by atoms with Crippen LogP contribution in [0.4, 0.5) is 0 Å². The van der Waals surface area contributed by atoms with Gasteiger partial charge in [0.25, 0.3) is 0 Å². The number of carbonyl (C=O) groups excluding carboxylic acids is 1. The molecule has 3 aromatic rings. The predicted octanol–water partition coefficient (Wildman–Crippen LogP) is 4.05. The van der Waals surface area contributed by atoms with Crippen LogP contribution in [-0.4, -0.2) is 27.8 Å². The zero-order valence-electron chi connectivity index (χ0n) is 12.8. The number of hydrogen-bond acceptors (Lipinski definition) is 5. The molecule has 2 aromatic heterocycles. The number of ether oxygens (including phenoxy) is 2. The van der Waals surface area contributed by atoms with Crippen LogP contribution in [0.3, 0.4) is 0 Å². The van der Waals surface area contributed by atoms with Crippen molar-refractivity contribution in [2.45, 2.75) is 6.92 Å². The van der Waals surface area contributed by atoms with Gasteiger partial charge in [-0.3, -0.25) is 5.10 Å². The summed E-state index contributed by atoms with van der Waals surface area (Å²) >= 11 is 2.09. The maximum Gasteiger partial charge on any atom is 0.357 e. The van der Waals surface area contributed by atoms with Crippen LogP contribution in [0.1, 0.15) is 17.4 Å². The monoisotopic (exact) mass is 435 g/mol. The molecule has 7 heteroatoms. The smallest absolute Gasteiger partial charge is 0.357 e. The summed E-state index contributed by atoms with van der Waals surface area (Å²) < 4.78 is 11.4. The Morgan fingerprint density at radius 1 is 1.21 bits per heavy atom. The maximum absolute atomic E-state index is 11.8. The van der Waals surface area contributed by atoms with Gasteiger partial charge in [-0.1, -0.05) is 6.07 Å². The molecule has 0 radical (unpaired) electrons. The molecule has 2 heterocycles. The third-order valence-electron chi connectivity index (χ3n) is 3.17. The first kappa shape index (κ1) is 16.4. The SMILES string of the molecule is CCOC(=O)c1[nH]nc(-c2ccc(Oc3ccccn3)cc2)c1I. The highest BCUT2D eigenvalue weighted by atomic mass is 127. The molecule has 122 valence electrons. The standard InChI is InChI=1S/C17H14IN3O3/c1-2-23-17(22)16-14(18)15(20-21-16)11-6-8-12(9-7-11)24-13-5-3-4-10-19-13/h3-10H,2H2,1H3,(H,20,21). The van der Waals surface area contributed by atoms with Gasteiger partial charge in [-0.25, -0.2) is 9.78 Å². The number of benzene rings is 1. The lowest BCUT2D eigenvalue weighted by Crippen LogP contribution is -2.06. The Balaban J connectivity index is 1.80. The molecule has 0 fully saturated rings. The third-order valence-corrected chi connectivity index (χ3v) is 4.22. The van der Waals surface area contributed by atoms with Crippen molar-refractivity contribution < 1.29 is 14.3 Å². The fraction of sp³-hybridized carbons (Fsp3) is 0.118. The number of halogens is 1. The molecule has 6 nitrogen and oxygen atoms in total. The second kappa shape index (κ2) is 7.43. The average molecular weight is 435 g/mol. The lowest BCUT2D eigenvalue weighted by molar-refractivity contribution is 0.0518. The first-order valence-electron chi connectivity index (χ1n) is 7.29. The van der Waals surface area contributed by atoms with Gasteiger partial charge in [0.1, 0.15) is 11.4 Å². The lowest BCUT2D eigenvalue weighted by Gasteiger charge is -2.05. The molecular weight excluding hydrogens is 421 g/mol. The van der Waals surface area contributed by atoms with Gasteiger partial charge in [0.2, 0.25) is 5.88 Å². The highest BCUT2D eigenvalue weighted by Gasteiger charge is 2.19. The summed E-state index contributed by atoms with van der Waals surface area (Å²) in [7, 11) is 0. The number of pyridine rings is 1. The Hall–Kier alpha value is -2.42. The van der Waals surface area contributed by atoms with Gasteiger partial charge in [-0.2, -0.15) is 5.10 Å². The van der Waals surface area contributed by atoms with Crippen LogP contribution < -0.4 is 4.74 Å². The van der Waals surface area contributed by atoms with Crippen LogP contribution in [0.2, 0.25) is 0 Å². The van der Waals surface area contributed by atoms with Crippen LogP contribution in [0.5, 0.6) is 11.6 Å². The summed E-state index contributed by atoms with van der Waals surface area (Å²) in [5, 5.41) is 6.95. The largest absolute Gasteiger partial charge is 0.461 e. The fourth-order valence-corrected chi connectivity index (χ4v) is 2.84. The summed E-state index contributed by atoms with van der Waals surface area (Å²) in [6, 6.07) is 12.9. The maximum atomic E-state index is 11.8. The Labute approximate surface area is 152 Å². The molecule has 0 amide bonds. The predicted molar refractivity (Wildman–Crippen MR) is 97.0 cm³/mol. The summed E-state index contributed by atoms with van der Waals surface area (Å²) in [6.45, 7) is 2.09. The van der Waals surface area contributed by atoms with Gasteiger partial charge in [-0.05, 0) is 59.8 Å². The zero-order valence-corrected chi connectivity index (χ0v) is 15.0. The van der Waals surface area contributed by atoms with Crippen LogP contribution in [0.25, 0.3) is 11.3 Å². The minimum Gasteiger partial charge on any atom is -0.461 e. The van der Waals surface area contributed by atoms with E-state index in [1.165, 1.54) is 0 Å². The lowest BCUT2D eigenvalue weighted by atomic mass is 10.1. The molecule has 1 N–H and O–H groups in total. The van der Waals surface area contributed by atoms with Crippen molar-refractivity contribution in [2.75, 3.05) is 6.61 Å². The molecule has 0 atom stereocenters. The molecule has 3 rings (SSSR count). The van der Waals surface area contributed by atoms with E-state index in [0.717, 1.165) is 9.13 Å². The summed E-state index contributed by atoms with van der Waals surface area (Å²) in [5.74, 6) is 0.800. The van der Waals surface area contributed by atoms with Crippen molar-refractivity contribution in [1.82, 2.24) is 15.2 Å². The van der Waals surface area contributed by atoms with E-state index < -0.39 is 5.97 Å². The quantitative estimate of drug-likeness (QED) is 0.484.